The summed E-state index contributed by atoms with van der Waals surface area (Å²) < 4.78 is 7.07. The topological polar surface area (TPSA) is 68.2 Å². The average Bonchev–Trinajstić information content (AvgIpc) is 3.24. The standard InChI is InChI=1S/C23H25ClN4O2.ClH/c1-30-20-8-2-16(3-9-20)14-26-23(29)21-15-27-28(19-6-4-18(24)5-7-19)22(21)17-10-12-25-13-11-17;/h2-9,15,17,25H,10-14H2,1H3,(H,26,29);1H. The molecule has 4 rings (SSSR count). The lowest BCUT2D eigenvalue weighted by atomic mass is 9.91. The molecule has 1 fully saturated rings. The Balaban J connectivity index is 0.00000272. The van der Waals surface area contributed by atoms with Gasteiger partial charge >= 0.3 is 0 Å². The van der Waals surface area contributed by atoms with Crippen molar-refractivity contribution in [2.24, 2.45) is 0 Å². The highest BCUT2D eigenvalue weighted by Gasteiger charge is 2.27. The van der Waals surface area contributed by atoms with Crippen molar-refractivity contribution < 1.29 is 9.53 Å². The maximum atomic E-state index is 13.1. The summed E-state index contributed by atoms with van der Waals surface area (Å²) in [5.41, 5.74) is 3.51. The molecule has 1 saturated heterocycles. The fourth-order valence-corrected chi connectivity index (χ4v) is 3.96. The van der Waals surface area contributed by atoms with E-state index in [1.54, 1.807) is 13.3 Å². The Bertz CT molecular complexity index is 997. The number of aromatic nitrogens is 2. The highest BCUT2D eigenvalue weighted by Crippen LogP contribution is 2.30. The lowest BCUT2D eigenvalue weighted by Gasteiger charge is -2.24. The van der Waals surface area contributed by atoms with Gasteiger partial charge in [0.05, 0.1) is 30.3 Å². The molecule has 1 aliphatic heterocycles. The SMILES string of the molecule is COc1ccc(CNC(=O)c2cnn(-c3ccc(Cl)cc3)c2C2CCNCC2)cc1.Cl. The Kier molecular flexibility index (Phi) is 7.96. The molecule has 0 spiro atoms. The van der Waals surface area contributed by atoms with E-state index in [4.69, 9.17) is 16.3 Å². The van der Waals surface area contributed by atoms with Gasteiger partial charge in [-0.05, 0) is 67.9 Å². The van der Waals surface area contributed by atoms with Gasteiger partial charge in [0.15, 0.2) is 0 Å². The smallest absolute Gasteiger partial charge is 0.255 e. The van der Waals surface area contributed by atoms with Crippen LogP contribution in [0.5, 0.6) is 5.75 Å². The van der Waals surface area contributed by atoms with Gasteiger partial charge in [-0.2, -0.15) is 5.10 Å². The van der Waals surface area contributed by atoms with Crippen LogP contribution in [0.2, 0.25) is 5.02 Å². The number of carbonyl (C=O) groups is 1. The molecule has 3 aromatic rings. The molecule has 0 aliphatic carbocycles. The molecule has 6 nitrogen and oxygen atoms in total. The maximum absolute atomic E-state index is 13.1. The third-order valence-electron chi connectivity index (χ3n) is 5.46. The van der Waals surface area contributed by atoms with Crippen molar-refractivity contribution in [3.8, 4) is 11.4 Å². The number of ether oxygens (including phenoxy) is 1. The van der Waals surface area contributed by atoms with E-state index in [-0.39, 0.29) is 24.2 Å². The number of halogens is 2. The minimum absolute atomic E-state index is 0. The molecule has 2 aromatic carbocycles. The Hall–Kier alpha value is -2.54. The number of hydrogen-bond acceptors (Lipinski definition) is 4. The zero-order valence-corrected chi connectivity index (χ0v) is 18.9. The van der Waals surface area contributed by atoms with E-state index in [2.05, 4.69) is 15.7 Å². The average molecular weight is 461 g/mol. The highest BCUT2D eigenvalue weighted by molar-refractivity contribution is 6.30. The molecular weight excluding hydrogens is 435 g/mol. The van der Waals surface area contributed by atoms with Crippen LogP contribution in [0.1, 0.15) is 40.4 Å². The van der Waals surface area contributed by atoms with Crippen molar-refractivity contribution in [3.63, 3.8) is 0 Å². The van der Waals surface area contributed by atoms with E-state index in [1.165, 1.54) is 0 Å². The molecule has 0 saturated carbocycles. The largest absolute Gasteiger partial charge is 0.497 e. The van der Waals surface area contributed by atoms with Gasteiger partial charge < -0.3 is 15.4 Å². The van der Waals surface area contributed by atoms with E-state index in [9.17, 15) is 4.79 Å². The molecule has 0 radical (unpaired) electrons. The number of benzene rings is 2. The third kappa shape index (κ3) is 5.39. The lowest BCUT2D eigenvalue weighted by molar-refractivity contribution is 0.0949. The second kappa shape index (κ2) is 10.7. The fraction of sp³-hybridized carbons (Fsp3) is 0.304. The number of nitrogens with one attached hydrogen (secondary N) is 2. The molecule has 1 amide bonds. The van der Waals surface area contributed by atoms with E-state index >= 15 is 0 Å². The summed E-state index contributed by atoms with van der Waals surface area (Å²) in [4.78, 5) is 13.1. The van der Waals surface area contributed by atoms with Gasteiger partial charge in [0.25, 0.3) is 5.91 Å². The van der Waals surface area contributed by atoms with Crippen molar-refractivity contribution >= 4 is 29.9 Å². The molecule has 1 aliphatic rings. The van der Waals surface area contributed by atoms with Crippen LogP contribution in [0.4, 0.5) is 0 Å². The van der Waals surface area contributed by atoms with Crippen molar-refractivity contribution in [2.45, 2.75) is 25.3 Å². The summed E-state index contributed by atoms with van der Waals surface area (Å²) in [7, 11) is 1.64. The predicted molar refractivity (Wildman–Crippen MR) is 125 cm³/mol. The molecule has 0 atom stereocenters. The number of nitrogens with zero attached hydrogens (tertiary/aromatic N) is 2. The summed E-state index contributed by atoms with van der Waals surface area (Å²) >= 11 is 6.05. The zero-order valence-electron chi connectivity index (χ0n) is 17.3. The van der Waals surface area contributed by atoms with Gasteiger partial charge in [0.1, 0.15) is 5.75 Å². The summed E-state index contributed by atoms with van der Waals surface area (Å²) in [5.74, 6) is 0.952. The molecular formula is C23H26Cl2N4O2. The number of carbonyl (C=O) groups excluding carboxylic acids is 1. The molecule has 8 heteroatoms. The fourth-order valence-electron chi connectivity index (χ4n) is 3.83. The van der Waals surface area contributed by atoms with Gasteiger partial charge in [0.2, 0.25) is 0 Å². The van der Waals surface area contributed by atoms with Crippen molar-refractivity contribution in [1.82, 2.24) is 20.4 Å². The van der Waals surface area contributed by atoms with Gasteiger partial charge in [-0.15, -0.1) is 12.4 Å². The van der Waals surface area contributed by atoms with E-state index in [0.717, 1.165) is 48.6 Å². The van der Waals surface area contributed by atoms with Gasteiger partial charge in [0, 0.05) is 17.5 Å². The van der Waals surface area contributed by atoms with E-state index < -0.39 is 0 Å². The van der Waals surface area contributed by atoms with Gasteiger partial charge in [-0.25, -0.2) is 4.68 Å². The van der Waals surface area contributed by atoms with Crippen LogP contribution in [0.3, 0.4) is 0 Å². The first kappa shape index (κ1) is 23.1. The monoisotopic (exact) mass is 460 g/mol. The van der Waals surface area contributed by atoms with Crippen LogP contribution in [0.15, 0.2) is 54.7 Å². The van der Waals surface area contributed by atoms with E-state index in [0.29, 0.717) is 17.1 Å². The molecule has 0 unspecified atom stereocenters. The number of hydrogen-bond donors (Lipinski definition) is 2. The third-order valence-corrected chi connectivity index (χ3v) is 5.71. The minimum atomic E-state index is -0.112. The van der Waals surface area contributed by atoms with Crippen molar-refractivity contribution in [3.05, 3.63) is 76.6 Å². The van der Waals surface area contributed by atoms with E-state index in [1.807, 2.05) is 53.2 Å². The first-order valence-corrected chi connectivity index (χ1v) is 10.5. The Morgan fingerprint density at radius 2 is 1.84 bits per heavy atom. The molecule has 31 heavy (non-hydrogen) atoms. The summed E-state index contributed by atoms with van der Waals surface area (Å²) in [5, 5.41) is 11.7. The van der Waals surface area contributed by atoms with Crippen LogP contribution in [0, 0.1) is 0 Å². The molecule has 2 N–H and O–H groups in total. The van der Waals surface area contributed by atoms with Crippen molar-refractivity contribution in [2.75, 3.05) is 20.2 Å². The summed E-state index contributed by atoms with van der Waals surface area (Å²) in [6.45, 7) is 2.31. The van der Waals surface area contributed by atoms with Crippen LogP contribution >= 0.6 is 24.0 Å². The van der Waals surface area contributed by atoms with Gasteiger partial charge in [-0.1, -0.05) is 23.7 Å². The zero-order chi connectivity index (χ0) is 20.9. The second-order valence-corrected chi connectivity index (χ2v) is 7.82. The quantitative estimate of drug-likeness (QED) is 0.573. The first-order chi connectivity index (χ1) is 14.7. The van der Waals surface area contributed by atoms with Gasteiger partial charge in [-0.3, -0.25) is 4.79 Å². The van der Waals surface area contributed by atoms with Crippen molar-refractivity contribution in [1.29, 1.82) is 0 Å². The number of amides is 1. The molecule has 0 bridgehead atoms. The van der Waals surface area contributed by atoms with Crippen LogP contribution in [0.25, 0.3) is 5.69 Å². The van der Waals surface area contributed by atoms with Crippen LogP contribution in [-0.4, -0.2) is 35.9 Å². The number of rotatable bonds is 6. The summed E-state index contributed by atoms with van der Waals surface area (Å²) in [6, 6.07) is 15.2. The highest BCUT2D eigenvalue weighted by atomic mass is 35.5. The molecule has 164 valence electrons. The molecule has 2 heterocycles. The van der Waals surface area contributed by atoms with Crippen LogP contribution in [-0.2, 0) is 6.54 Å². The minimum Gasteiger partial charge on any atom is -0.497 e. The summed E-state index contributed by atoms with van der Waals surface area (Å²) in [6.07, 6.45) is 3.62. The first-order valence-electron chi connectivity index (χ1n) is 10.1. The Morgan fingerprint density at radius 1 is 1.16 bits per heavy atom. The predicted octanol–water partition coefficient (Wildman–Crippen LogP) is 4.35. The number of methoxy groups -OCH3 is 1. The number of piperidine rings is 1. The maximum Gasteiger partial charge on any atom is 0.255 e. The lowest BCUT2D eigenvalue weighted by Crippen LogP contribution is -2.30. The Labute approximate surface area is 193 Å². The van der Waals surface area contributed by atoms with Crippen LogP contribution < -0.4 is 15.4 Å². The Morgan fingerprint density at radius 3 is 2.48 bits per heavy atom. The normalized spacial score (nSPS) is 14.0. The molecule has 1 aromatic heterocycles. The second-order valence-electron chi connectivity index (χ2n) is 7.39.